The monoisotopic (exact) mass is 266 g/mol. The summed E-state index contributed by atoms with van der Waals surface area (Å²) in [5.41, 5.74) is 2.75. The number of hydrogen-bond acceptors (Lipinski definition) is 3. The maximum Gasteiger partial charge on any atom is 0.132 e. The molecule has 0 aliphatic heterocycles. The van der Waals surface area contributed by atoms with Crippen molar-refractivity contribution in [1.82, 2.24) is 10.3 Å². The van der Waals surface area contributed by atoms with Crippen molar-refractivity contribution in [3.8, 4) is 0 Å². The molecule has 2 N–H and O–H groups in total. The highest BCUT2D eigenvalue weighted by Crippen LogP contribution is 2.29. The summed E-state index contributed by atoms with van der Waals surface area (Å²) in [4.78, 5) is 4.66. The molecule has 2 aromatic carbocycles. The Labute approximate surface area is 118 Å². The summed E-state index contributed by atoms with van der Waals surface area (Å²) < 4.78 is 0. The van der Waals surface area contributed by atoms with Crippen molar-refractivity contribution >= 4 is 21.8 Å². The van der Waals surface area contributed by atoms with E-state index < -0.39 is 6.23 Å². The van der Waals surface area contributed by atoms with Crippen LogP contribution in [0.3, 0.4) is 0 Å². The van der Waals surface area contributed by atoms with Crippen molar-refractivity contribution in [3.05, 3.63) is 54.1 Å². The zero-order chi connectivity index (χ0) is 13.9. The minimum Gasteiger partial charge on any atom is -0.374 e. The van der Waals surface area contributed by atoms with Gasteiger partial charge in [0.1, 0.15) is 6.23 Å². The molecule has 1 unspecified atom stereocenters. The van der Waals surface area contributed by atoms with Gasteiger partial charge in [-0.15, -0.1) is 0 Å². The highest BCUT2D eigenvalue weighted by atomic mass is 16.3. The molecule has 0 spiro atoms. The molecule has 0 aliphatic carbocycles. The van der Waals surface area contributed by atoms with Gasteiger partial charge in [0.2, 0.25) is 0 Å². The summed E-state index contributed by atoms with van der Waals surface area (Å²) in [5.74, 6) is 0. The van der Waals surface area contributed by atoms with E-state index >= 15 is 0 Å². The van der Waals surface area contributed by atoms with Gasteiger partial charge in [-0.05, 0) is 25.1 Å². The van der Waals surface area contributed by atoms with E-state index in [0.29, 0.717) is 0 Å². The first-order valence-electron chi connectivity index (χ1n) is 7.00. The van der Waals surface area contributed by atoms with Crippen LogP contribution in [0.5, 0.6) is 0 Å². The first kappa shape index (κ1) is 13.0. The predicted octanol–water partition coefficient (Wildman–Crippen LogP) is 3.38. The van der Waals surface area contributed by atoms with Crippen LogP contribution in [0.25, 0.3) is 21.8 Å². The Hall–Kier alpha value is -1.97. The third-order valence-corrected chi connectivity index (χ3v) is 3.49. The summed E-state index contributed by atoms with van der Waals surface area (Å²) in [6.07, 6.45) is 0.311. The number of aliphatic hydroxyl groups excluding tert-OH is 1. The van der Waals surface area contributed by atoms with E-state index in [1.807, 2.05) is 48.5 Å². The normalized spacial score (nSPS) is 12.9. The molecule has 20 heavy (non-hydrogen) atoms. The minimum absolute atomic E-state index is 0.673. The van der Waals surface area contributed by atoms with Crippen LogP contribution in [0.2, 0.25) is 0 Å². The summed E-state index contributed by atoms with van der Waals surface area (Å²) in [6, 6.07) is 15.9. The SMILES string of the molecule is CCCNC(O)c1c2ccccc2nc2ccccc12. The number of hydrogen-bond donors (Lipinski definition) is 2. The number of rotatable bonds is 4. The summed E-state index contributed by atoms with van der Waals surface area (Å²) in [5, 5.41) is 15.7. The number of fused-ring (bicyclic) bond motifs is 2. The molecule has 102 valence electrons. The smallest absolute Gasteiger partial charge is 0.132 e. The minimum atomic E-state index is -0.673. The number of nitrogens with zero attached hydrogens (tertiary/aromatic N) is 1. The van der Waals surface area contributed by atoms with E-state index in [4.69, 9.17) is 0 Å². The number of nitrogens with one attached hydrogen (secondary N) is 1. The number of pyridine rings is 1. The molecule has 3 nitrogen and oxygen atoms in total. The zero-order valence-corrected chi connectivity index (χ0v) is 11.5. The van der Waals surface area contributed by atoms with E-state index in [9.17, 15) is 5.11 Å². The molecule has 3 rings (SSSR count). The fourth-order valence-corrected chi connectivity index (χ4v) is 2.55. The van der Waals surface area contributed by atoms with Crippen molar-refractivity contribution in [2.45, 2.75) is 19.6 Å². The van der Waals surface area contributed by atoms with Crippen molar-refractivity contribution < 1.29 is 5.11 Å². The largest absolute Gasteiger partial charge is 0.374 e. The van der Waals surface area contributed by atoms with E-state index in [1.54, 1.807) is 0 Å². The lowest BCUT2D eigenvalue weighted by Crippen LogP contribution is -2.22. The molecule has 1 heterocycles. The van der Waals surface area contributed by atoms with Gasteiger partial charge in [0.05, 0.1) is 11.0 Å². The quantitative estimate of drug-likeness (QED) is 0.562. The van der Waals surface area contributed by atoms with Crippen LogP contribution >= 0.6 is 0 Å². The second kappa shape index (κ2) is 5.57. The summed E-state index contributed by atoms with van der Waals surface area (Å²) >= 11 is 0. The van der Waals surface area contributed by atoms with Gasteiger partial charge in [-0.3, -0.25) is 5.32 Å². The van der Waals surface area contributed by atoms with Crippen molar-refractivity contribution in [2.75, 3.05) is 6.54 Å². The Bertz CT molecular complexity index is 685. The Morgan fingerprint density at radius 2 is 1.55 bits per heavy atom. The molecule has 0 saturated carbocycles. The van der Waals surface area contributed by atoms with Crippen LogP contribution in [-0.2, 0) is 0 Å². The topological polar surface area (TPSA) is 45.1 Å². The summed E-state index contributed by atoms with van der Waals surface area (Å²) in [7, 11) is 0. The van der Waals surface area contributed by atoms with Crippen molar-refractivity contribution in [2.24, 2.45) is 0 Å². The van der Waals surface area contributed by atoms with Crippen LogP contribution in [0.4, 0.5) is 0 Å². The van der Waals surface area contributed by atoms with E-state index in [-0.39, 0.29) is 0 Å². The van der Waals surface area contributed by atoms with Crippen LogP contribution in [0, 0.1) is 0 Å². The fraction of sp³-hybridized carbons (Fsp3) is 0.235. The Kier molecular flexibility index (Phi) is 3.63. The second-order valence-electron chi connectivity index (χ2n) is 4.92. The molecular weight excluding hydrogens is 248 g/mol. The Balaban J connectivity index is 2.27. The Morgan fingerprint density at radius 1 is 1.00 bits per heavy atom. The predicted molar refractivity (Wildman–Crippen MR) is 82.5 cm³/mol. The van der Waals surface area contributed by atoms with Gasteiger partial charge in [-0.1, -0.05) is 43.3 Å². The molecule has 0 bridgehead atoms. The maximum absolute atomic E-state index is 10.5. The highest BCUT2D eigenvalue weighted by Gasteiger charge is 2.15. The molecule has 3 heteroatoms. The second-order valence-corrected chi connectivity index (χ2v) is 4.92. The molecule has 0 saturated heterocycles. The molecule has 0 radical (unpaired) electrons. The molecule has 1 atom stereocenters. The fourth-order valence-electron chi connectivity index (χ4n) is 2.55. The van der Waals surface area contributed by atoms with Crippen LogP contribution in [-0.4, -0.2) is 16.6 Å². The van der Waals surface area contributed by atoms with E-state index in [0.717, 1.165) is 40.3 Å². The van der Waals surface area contributed by atoms with Gasteiger partial charge in [0.25, 0.3) is 0 Å². The number of benzene rings is 2. The zero-order valence-electron chi connectivity index (χ0n) is 11.5. The molecule has 1 aromatic heterocycles. The molecule has 0 fully saturated rings. The highest BCUT2D eigenvalue weighted by molar-refractivity contribution is 5.97. The van der Waals surface area contributed by atoms with Crippen molar-refractivity contribution in [1.29, 1.82) is 0 Å². The van der Waals surface area contributed by atoms with E-state index in [2.05, 4.69) is 17.2 Å². The third kappa shape index (κ3) is 2.26. The number of para-hydroxylation sites is 2. The molecule has 0 aliphatic rings. The lowest BCUT2D eigenvalue weighted by atomic mass is 10.0. The molecule has 0 amide bonds. The third-order valence-electron chi connectivity index (χ3n) is 3.49. The lowest BCUT2D eigenvalue weighted by Gasteiger charge is -2.17. The number of aliphatic hydroxyl groups is 1. The first-order valence-corrected chi connectivity index (χ1v) is 7.00. The number of aromatic nitrogens is 1. The van der Waals surface area contributed by atoms with Gasteiger partial charge >= 0.3 is 0 Å². The van der Waals surface area contributed by atoms with Crippen LogP contribution in [0.1, 0.15) is 25.1 Å². The van der Waals surface area contributed by atoms with Gasteiger partial charge in [-0.25, -0.2) is 4.98 Å². The van der Waals surface area contributed by atoms with Crippen LogP contribution in [0.15, 0.2) is 48.5 Å². The van der Waals surface area contributed by atoms with E-state index in [1.165, 1.54) is 0 Å². The first-order chi connectivity index (χ1) is 9.81. The molecule has 3 aromatic rings. The van der Waals surface area contributed by atoms with Gasteiger partial charge in [-0.2, -0.15) is 0 Å². The maximum atomic E-state index is 10.5. The van der Waals surface area contributed by atoms with Gasteiger partial charge in [0, 0.05) is 16.3 Å². The van der Waals surface area contributed by atoms with Crippen molar-refractivity contribution in [3.63, 3.8) is 0 Å². The lowest BCUT2D eigenvalue weighted by molar-refractivity contribution is 0.142. The van der Waals surface area contributed by atoms with Crippen LogP contribution < -0.4 is 5.32 Å². The molecular formula is C17H18N2O. The standard InChI is InChI=1S/C17H18N2O/c1-2-11-18-17(20)16-12-7-3-5-9-14(12)19-15-10-6-4-8-13(15)16/h3-10,17-18,20H,2,11H2,1H3. The van der Waals surface area contributed by atoms with Gasteiger partial charge in [0.15, 0.2) is 0 Å². The summed E-state index contributed by atoms with van der Waals surface area (Å²) in [6.45, 7) is 2.87. The average molecular weight is 266 g/mol. The van der Waals surface area contributed by atoms with Gasteiger partial charge < -0.3 is 5.11 Å². The average Bonchev–Trinajstić information content (AvgIpc) is 2.50. The Morgan fingerprint density at radius 3 is 2.10 bits per heavy atom.